The van der Waals surface area contributed by atoms with Crippen molar-refractivity contribution in [1.82, 2.24) is 0 Å². The molecule has 0 spiro atoms. The van der Waals surface area contributed by atoms with Crippen molar-refractivity contribution in [1.29, 1.82) is 0 Å². The van der Waals surface area contributed by atoms with E-state index >= 15 is 0 Å². The van der Waals surface area contributed by atoms with Crippen LogP contribution in [0.25, 0.3) is 0 Å². The van der Waals surface area contributed by atoms with E-state index in [1.165, 1.54) is 17.5 Å². The zero-order valence-corrected chi connectivity index (χ0v) is 7.66. The summed E-state index contributed by atoms with van der Waals surface area (Å²) in [7, 11) is 1.71. The van der Waals surface area contributed by atoms with Gasteiger partial charge in [0.15, 0.2) is 0 Å². The summed E-state index contributed by atoms with van der Waals surface area (Å²) in [6.07, 6.45) is 1.17. The van der Waals surface area contributed by atoms with Gasteiger partial charge in [-0.15, -0.1) is 0 Å². The molecule has 68 valence electrons. The van der Waals surface area contributed by atoms with Gasteiger partial charge in [0, 0.05) is 12.0 Å². The summed E-state index contributed by atoms with van der Waals surface area (Å²) in [5, 5.41) is 0. The molecule has 2 aliphatic rings. The van der Waals surface area contributed by atoms with Crippen molar-refractivity contribution in [3.05, 3.63) is 29.3 Å². The van der Waals surface area contributed by atoms with Gasteiger partial charge in [0.25, 0.3) is 0 Å². The van der Waals surface area contributed by atoms with Crippen molar-refractivity contribution in [2.45, 2.75) is 18.4 Å². The SMILES string of the molecule is COc1ccc2c(c1)C1C(N)C1C2. The topological polar surface area (TPSA) is 35.2 Å². The fraction of sp³-hybridized carbons (Fsp3) is 0.455. The quantitative estimate of drug-likeness (QED) is 0.698. The van der Waals surface area contributed by atoms with Gasteiger partial charge in [-0.25, -0.2) is 0 Å². The summed E-state index contributed by atoms with van der Waals surface area (Å²) in [5.74, 6) is 2.31. The number of ether oxygens (including phenoxy) is 1. The van der Waals surface area contributed by atoms with E-state index < -0.39 is 0 Å². The molecule has 2 aliphatic carbocycles. The standard InChI is InChI=1S/C11H13NO/c1-13-7-3-2-6-4-9-10(11(9)12)8(6)5-7/h2-3,5,9-11H,4,12H2,1H3. The molecule has 0 aromatic heterocycles. The first-order valence-electron chi connectivity index (χ1n) is 4.73. The van der Waals surface area contributed by atoms with E-state index in [1.54, 1.807) is 7.11 Å². The summed E-state index contributed by atoms with van der Waals surface area (Å²) >= 11 is 0. The molecule has 2 N–H and O–H groups in total. The second-order valence-corrected chi connectivity index (χ2v) is 4.04. The fourth-order valence-electron chi connectivity index (χ4n) is 2.55. The first-order valence-corrected chi connectivity index (χ1v) is 4.73. The summed E-state index contributed by atoms with van der Waals surface area (Å²) in [4.78, 5) is 0. The van der Waals surface area contributed by atoms with Gasteiger partial charge in [-0.1, -0.05) is 6.07 Å². The highest BCUT2D eigenvalue weighted by atomic mass is 16.5. The number of fused-ring (bicyclic) bond motifs is 3. The minimum absolute atomic E-state index is 0.416. The van der Waals surface area contributed by atoms with Gasteiger partial charge < -0.3 is 10.5 Å². The molecule has 2 heteroatoms. The zero-order chi connectivity index (χ0) is 9.00. The smallest absolute Gasteiger partial charge is 0.119 e. The maximum Gasteiger partial charge on any atom is 0.119 e. The van der Waals surface area contributed by atoms with Crippen LogP contribution >= 0.6 is 0 Å². The highest BCUT2D eigenvalue weighted by molar-refractivity contribution is 5.48. The van der Waals surface area contributed by atoms with Gasteiger partial charge in [-0.05, 0) is 35.6 Å². The fourth-order valence-corrected chi connectivity index (χ4v) is 2.55. The van der Waals surface area contributed by atoms with Crippen LogP contribution in [-0.2, 0) is 6.42 Å². The van der Waals surface area contributed by atoms with Crippen molar-refractivity contribution >= 4 is 0 Å². The van der Waals surface area contributed by atoms with E-state index in [-0.39, 0.29) is 0 Å². The van der Waals surface area contributed by atoms with Crippen LogP contribution in [0.1, 0.15) is 17.0 Å². The minimum atomic E-state index is 0.416. The molecular weight excluding hydrogens is 162 g/mol. The number of rotatable bonds is 1. The molecule has 2 nitrogen and oxygen atoms in total. The van der Waals surface area contributed by atoms with Crippen LogP contribution in [0, 0.1) is 5.92 Å². The number of hydrogen-bond acceptors (Lipinski definition) is 2. The molecule has 0 saturated heterocycles. The first-order chi connectivity index (χ1) is 6.31. The second kappa shape index (κ2) is 2.26. The van der Waals surface area contributed by atoms with E-state index in [2.05, 4.69) is 12.1 Å². The van der Waals surface area contributed by atoms with Crippen molar-refractivity contribution in [3.63, 3.8) is 0 Å². The van der Waals surface area contributed by atoms with Crippen molar-refractivity contribution in [2.75, 3.05) is 7.11 Å². The van der Waals surface area contributed by atoms with Crippen molar-refractivity contribution < 1.29 is 4.74 Å². The lowest BCUT2D eigenvalue weighted by molar-refractivity contribution is 0.414. The van der Waals surface area contributed by atoms with Gasteiger partial charge in [0.2, 0.25) is 0 Å². The molecule has 1 aromatic carbocycles. The highest BCUT2D eigenvalue weighted by Gasteiger charge is 2.53. The van der Waals surface area contributed by atoms with Crippen LogP contribution in [0.2, 0.25) is 0 Å². The predicted molar refractivity (Wildman–Crippen MR) is 50.9 cm³/mol. The Bertz CT molecular complexity index is 361. The molecule has 0 aliphatic heterocycles. The average Bonchev–Trinajstić information content (AvgIpc) is 2.62. The highest BCUT2D eigenvalue weighted by Crippen LogP contribution is 2.55. The van der Waals surface area contributed by atoms with Gasteiger partial charge in [0.05, 0.1) is 7.11 Å². The largest absolute Gasteiger partial charge is 0.497 e. The van der Waals surface area contributed by atoms with Gasteiger partial charge in [-0.3, -0.25) is 0 Å². The van der Waals surface area contributed by atoms with Crippen LogP contribution in [0.4, 0.5) is 0 Å². The molecule has 3 unspecified atom stereocenters. The molecule has 3 rings (SSSR count). The maximum atomic E-state index is 5.94. The predicted octanol–water partition coefficient (Wildman–Crippen LogP) is 1.29. The third-order valence-corrected chi connectivity index (χ3v) is 3.40. The molecule has 13 heavy (non-hydrogen) atoms. The molecule has 3 atom stereocenters. The molecule has 0 heterocycles. The molecule has 1 aromatic rings. The normalized spacial score (nSPS) is 33.8. The van der Waals surface area contributed by atoms with Crippen molar-refractivity contribution in [2.24, 2.45) is 11.7 Å². The number of methoxy groups -OCH3 is 1. The number of nitrogens with two attached hydrogens (primary N) is 1. The zero-order valence-electron chi connectivity index (χ0n) is 7.66. The van der Waals surface area contributed by atoms with E-state index in [4.69, 9.17) is 10.5 Å². The third kappa shape index (κ3) is 0.866. The maximum absolute atomic E-state index is 5.94. The van der Waals surface area contributed by atoms with E-state index in [0.717, 1.165) is 11.7 Å². The van der Waals surface area contributed by atoms with E-state index in [0.29, 0.717) is 12.0 Å². The molecule has 0 radical (unpaired) electrons. The van der Waals surface area contributed by atoms with E-state index in [1.807, 2.05) is 6.07 Å². The second-order valence-electron chi connectivity index (χ2n) is 4.04. The molecule has 0 bridgehead atoms. The Hall–Kier alpha value is -1.02. The summed E-state index contributed by atoms with van der Waals surface area (Å²) in [5.41, 5.74) is 8.83. The number of hydrogen-bond donors (Lipinski definition) is 1. The van der Waals surface area contributed by atoms with Crippen LogP contribution in [0.15, 0.2) is 18.2 Å². The Morgan fingerprint density at radius 1 is 1.46 bits per heavy atom. The Labute approximate surface area is 77.7 Å². The van der Waals surface area contributed by atoms with Crippen LogP contribution in [0.5, 0.6) is 5.75 Å². The molecule has 0 amide bonds. The monoisotopic (exact) mass is 175 g/mol. The van der Waals surface area contributed by atoms with E-state index in [9.17, 15) is 0 Å². The summed E-state index contributed by atoms with van der Waals surface area (Å²) < 4.78 is 5.20. The lowest BCUT2D eigenvalue weighted by Gasteiger charge is -2.06. The lowest BCUT2D eigenvalue weighted by Crippen LogP contribution is -2.08. The third-order valence-electron chi connectivity index (χ3n) is 3.40. The molecule has 1 fully saturated rings. The van der Waals surface area contributed by atoms with Crippen LogP contribution in [0.3, 0.4) is 0 Å². The minimum Gasteiger partial charge on any atom is -0.497 e. The summed E-state index contributed by atoms with van der Waals surface area (Å²) in [6, 6.07) is 6.77. The van der Waals surface area contributed by atoms with Gasteiger partial charge >= 0.3 is 0 Å². The number of benzene rings is 1. The van der Waals surface area contributed by atoms with Gasteiger partial charge in [-0.2, -0.15) is 0 Å². The van der Waals surface area contributed by atoms with Gasteiger partial charge in [0.1, 0.15) is 5.75 Å². The molecule has 1 saturated carbocycles. The lowest BCUT2D eigenvalue weighted by atomic mass is 10.0. The van der Waals surface area contributed by atoms with Crippen LogP contribution < -0.4 is 10.5 Å². The van der Waals surface area contributed by atoms with Crippen molar-refractivity contribution in [3.8, 4) is 5.75 Å². The Morgan fingerprint density at radius 3 is 3.08 bits per heavy atom. The first kappa shape index (κ1) is 7.39. The Morgan fingerprint density at radius 2 is 2.31 bits per heavy atom. The summed E-state index contributed by atoms with van der Waals surface area (Å²) in [6.45, 7) is 0. The average molecular weight is 175 g/mol. The Balaban J connectivity index is 2.05. The van der Waals surface area contributed by atoms with Crippen LogP contribution in [-0.4, -0.2) is 13.2 Å². The Kier molecular flexibility index (Phi) is 1.29. The molecular formula is C11H13NO.